The molecule has 1 aliphatic rings. The van der Waals surface area contributed by atoms with E-state index in [-0.39, 0.29) is 23.5 Å². The van der Waals surface area contributed by atoms with Gasteiger partial charge in [-0.15, -0.1) is 0 Å². The third-order valence-electron chi connectivity index (χ3n) is 5.05. The molecule has 1 atom stereocenters. The summed E-state index contributed by atoms with van der Waals surface area (Å²) in [5.74, 6) is 0.420. The monoisotopic (exact) mass is 375 g/mol. The van der Waals surface area contributed by atoms with E-state index in [4.69, 9.17) is 0 Å². The standard InChI is InChI=1S/C19H25N3O3S/c1-14-18(12-21(3)19(23)11-16-7-5-4-6-8-16)15(2)22(20-14)17-9-10-26(24,25)13-17/h4-8,17H,9-13H2,1-3H3. The van der Waals surface area contributed by atoms with Gasteiger partial charge >= 0.3 is 0 Å². The number of sulfone groups is 1. The fraction of sp³-hybridized carbons (Fsp3) is 0.474. The van der Waals surface area contributed by atoms with Crippen molar-refractivity contribution in [1.29, 1.82) is 0 Å². The van der Waals surface area contributed by atoms with Crippen LogP contribution in [0.3, 0.4) is 0 Å². The molecule has 2 aromatic rings. The highest BCUT2D eigenvalue weighted by Crippen LogP contribution is 2.27. The van der Waals surface area contributed by atoms with Gasteiger partial charge in [0.25, 0.3) is 0 Å². The molecule has 6 nitrogen and oxygen atoms in total. The smallest absolute Gasteiger partial charge is 0.227 e. The van der Waals surface area contributed by atoms with Gasteiger partial charge in [-0.25, -0.2) is 8.42 Å². The van der Waals surface area contributed by atoms with Crippen molar-refractivity contribution >= 4 is 15.7 Å². The Morgan fingerprint density at radius 1 is 1.27 bits per heavy atom. The molecule has 3 rings (SSSR count). The lowest BCUT2D eigenvalue weighted by atomic mass is 10.1. The largest absolute Gasteiger partial charge is 0.341 e. The molecule has 140 valence electrons. The normalized spacial score (nSPS) is 18.8. The number of aryl methyl sites for hydroxylation is 1. The van der Waals surface area contributed by atoms with Crippen molar-refractivity contribution in [2.75, 3.05) is 18.6 Å². The summed E-state index contributed by atoms with van der Waals surface area (Å²) in [5, 5.41) is 4.57. The molecule has 0 spiro atoms. The summed E-state index contributed by atoms with van der Waals surface area (Å²) < 4.78 is 25.4. The molecule has 7 heteroatoms. The van der Waals surface area contributed by atoms with Crippen molar-refractivity contribution in [2.24, 2.45) is 0 Å². The molecule has 1 aromatic heterocycles. The Bertz CT molecular complexity index is 904. The lowest BCUT2D eigenvalue weighted by molar-refractivity contribution is -0.129. The first-order chi connectivity index (χ1) is 12.3. The van der Waals surface area contributed by atoms with Gasteiger partial charge < -0.3 is 4.90 Å². The number of nitrogens with zero attached hydrogens (tertiary/aromatic N) is 3. The van der Waals surface area contributed by atoms with E-state index in [1.54, 1.807) is 11.9 Å². The summed E-state index contributed by atoms with van der Waals surface area (Å²) in [6.45, 7) is 4.34. The van der Waals surface area contributed by atoms with E-state index in [1.807, 2.05) is 48.9 Å². The molecule has 1 aliphatic heterocycles. The molecule has 0 N–H and O–H groups in total. The molecule has 0 aliphatic carbocycles. The van der Waals surface area contributed by atoms with Gasteiger partial charge in [-0.2, -0.15) is 5.10 Å². The van der Waals surface area contributed by atoms with Gasteiger partial charge in [0, 0.05) is 24.8 Å². The molecule has 2 heterocycles. The molecular weight excluding hydrogens is 350 g/mol. The molecule has 26 heavy (non-hydrogen) atoms. The topological polar surface area (TPSA) is 72.3 Å². The zero-order chi connectivity index (χ0) is 18.9. The molecule has 0 radical (unpaired) electrons. The number of carbonyl (C=O) groups excluding carboxylic acids is 1. The highest BCUT2D eigenvalue weighted by atomic mass is 32.2. The minimum atomic E-state index is -2.96. The summed E-state index contributed by atoms with van der Waals surface area (Å²) in [5.41, 5.74) is 3.79. The Hall–Kier alpha value is -2.15. The van der Waals surface area contributed by atoms with Crippen LogP contribution in [-0.4, -0.2) is 47.6 Å². The Labute approximate surface area is 154 Å². The van der Waals surface area contributed by atoms with Crippen molar-refractivity contribution in [3.8, 4) is 0 Å². The fourth-order valence-corrected chi connectivity index (χ4v) is 5.17. The van der Waals surface area contributed by atoms with Gasteiger partial charge in [0.05, 0.1) is 29.7 Å². The van der Waals surface area contributed by atoms with Crippen LogP contribution in [-0.2, 0) is 27.6 Å². The molecule has 1 amide bonds. The summed E-state index contributed by atoms with van der Waals surface area (Å²) in [7, 11) is -1.17. The van der Waals surface area contributed by atoms with E-state index < -0.39 is 9.84 Å². The highest BCUT2D eigenvalue weighted by molar-refractivity contribution is 7.91. The van der Waals surface area contributed by atoms with Crippen LogP contribution in [0.4, 0.5) is 0 Å². The predicted octanol–water partition coefficient (Wildman–Crippen LogP) is 2.06. The van der Waals surface area contributed by atoms with E-state index in [1.165, 1.54) is 0 Å². The number of hydrogen-bond acceptors (Lipinski definition) is 4. The Morgan fingerprint density at radius 3 is 2.58 bits per heavy atom. The Balaban J connectivity index is 1.72. The van der Waals surface area contributed by atoms with Crippen LogP contribution in [0.15, 0.2) is 30.3 Å². The molecule has 1 aromatic carbocycles. The summed E-state index contributed by atoms with van der Waals surface area (Å²) in [6.07, 6.45) is 0.969. The summed E-state index contributed by atoms with van der Waals surface area (Å²) in [6, 6.07) is 9.58. The third kappa shape index (κ3) is 3.98. The maximum Gasteiger partial charge on any atom is 0.227 e. The number of rotatable bonds is 5. The van der Waals surface area contributed by atoms with Gasteiger partial charge in [0.2, 0.25) is 5.91 Å². The van der Waals surface area contributed by atoms with Crippen molar-refractivity contribution in [3.63, 3.8) is 0 Å². The lowest BCUT2D eigenvalue weighted by Crippen LogP contribution is -2.28. The SMILES string of the molecule is Cc1nn(C2CCS(=O)(=O)C2)c(C)c1CN(C)C(=O)Cc1ccccc1. The van der Waals surface area contributed by atoms with Crippen LogP contribution in [0.1, 0.15) is 35.0 Å². The van der Waals surface area contributed by atoms with Crippen LogP contribution in [0, 0.1) is 13.8 Å². The lowest BCUT2D eigenvalue weighted by Gasteiger charge is -2.18. The minimum absolute atomic E-state index is 0.0474. The number of aromatic nitrogens is 2. The summed E-state index contributed by atoms with van der Waals surface area (Å²) in [4.78, 5) is 14.2. The maximum absolute atomic E-state index is 12.5. The van der Waals surface area contributed by atoms with Gasteiger partial charge in [-0.1, -0.05) is 30.3 Å². The number of carbonyl (C=O) groups is 1. The van der Waals surface area contributed by atoms with E-state index >= 15 is 0 Å². The van der Waals surface area contributed by atoms with E-state index in [9.17, 15) is 13.2 Å². The Morgan fingerprint density at radius 2 is 1.96 bits per heavy atom. The second-order valence-electron chi connectivity index (χ2n) is 7.06. The van der Waals surface area contributed by atoms with Crippen LogP contribution < -0.4 is 0 Å². The predicted molar refractivity (Wildman–Crippen MR) is 101 cm³/mol. The van der Waals surface area contributed by atoms with Crippen molar-refractivity contribution in [2.45, 2.75) is 39.3 Å². The first kappa shape index (κ1) is 18.6. The van der Waals surface area contributed by atoms with Crippen molar-refractivity contribution < 1.29 is 13.2 Å². The molecule has 1 saturated heterocycles. The number of benzene rings is 1. The highest BCUT2D eigenvalue weighted by Gasteiger charge is 2.31. The molecule has 1 unspecified atom stereocenters. The first-order valence-electron chi connectivity index (χ1n) is 8.80. The number of likely N-dealkylation sites (N-methyl/N-ethyl adjacent to an activating group) is 1. The van der Waals surface area contributed by atoms with Gasteiger partial charge in [0.1, 0.15) is 0 Å². The van der Waals surface area contributed by atoms with Crippen molar-refractivity contribution in [3.05, 3.63) is 52.8 Å². The fourth-order valence-electron chi connectivity index (χ4n) is 3.48. The minimum Gasteiger partial charge on any atom is -0.341 e. The number of hydrogen-bond donors (Lipinski definition) is 0. The average Bonchev–Trinajstić information content (AvgIpc) is 3.09. The first-order valence-corrected chi connectivity index (χ1v) is 10.6. The molecule has 0 bridgehead atoms. The van der Waals surface area contributed by atoms with Crippen molar-refractivity contribution in [1.82, 2.24) is 14.7 Å². The molecule has 1 fully saturated rings. The van der Waals surface area contributed by atoms with Crippen LogP contribution in [0.25, 0.3) is 0 Å². The van der Waals surface area contributed by atoms with Crippen LogP contribution in [0.5, 0.6) is 0 Å². The number of amides is 1. The zero-order valence-electron chi connectivity index (χ0n) is 15.5. The zero-order valence-corrected chi connectivity index (χ0v) is 16.3. The summed E-state index contributed by atoms with van der Waals surface area (Å²) >= 11 is 0. The Kier molecular flexibility index (Phi) is 5.18. The second kappa shape index (κ2) is 7.23. The quantitative estimate of drug-likeness (QED) is 0.802. The van der Waals surface area contributed by atoms with Crippen LogP contribution in [0.2, 0.25) is 0 Å². The van der Waals surface area contributed by atoms with Gasteiger partial charge in [-0.3, -0.25) is 9.48 Å². The molecule has 0 saturated carbocycles. The van der Waals surface area contributed by atoms with E-state index in [0.29, 0.717) is 19.4 Å². The average molecular weight is 375 g/mol. The van der Waals surface area contributed by atoms with E-state index in [2.05, 4.69) is 5.10 Å². The second-order valence-corrected chi connectivity index (χ2v) is 9.29. The third-order valence-corrected chi connectivity index (χ3v) is 6.80. The van der Waals surface area contributed by atoms with E-state index in [0.717, 1.165) is 22.5 Å². The van der Waals surface area contributed by atoms with Gasteiger partial charge in [0.15, 0.2) is 9.84 Å². The maximum atomic E-state index is 12.5. The van der Waals surface area contributed by atoms with Gasteiger partial charge in [-0.05, 0) is 25.8 Å². The molecular formula is C19H25N3O3S. The van der Waals surface area contributed by atoms with Crippen LogP contribution >= 0.6 is 0 Å².